The average molecular weight is 385 g/mol. The summed E-state index contributed by atoms with van der Waals surface area (Å²) in [6, 6.07) is 20.9. The van der Waals surface area contributed by atoms with Crippen LogP contribution < -0.4 is 5.32 Å². The molecule has 2 aromatic rings. The highest BCUT2D eigenvalue weighted by Crippen LogP contribution is 2.37. The van der Waals surface area contributed by atoms with Crippen LogP contribution in [0.2, 0.25) is 0 Å². The standard InChI is InChI=1S/C23H28N2O.ClH/c26-22(25-15-12-23(13-16-25)11-14-24-18-23)17-21(19-7-3-1-4-8-19)20-9-5-2-6-10-20;/h1-10,21,24H,11-18H2;1H. The van der Waals surface area contributed by atoms with Gasteiger partial charge < -0.3 is 10.2 Å². The molecular weight excluding hydrogens is 356 g/mol. The van der Waals surface area contributed by atoms with Crippen molar-refractivity contribution in [2.45, 2.75) is 31.6 Å². The predicted octanol–water partition coefficient (Wildman–Crippen LogP) is 4.23. The second kappa shape index (κ2) is 8.90. The predicted molar refractivity (Wildman–Crippen MR) is 112 cm³/mol. The number of halogens is 1. The summed E-state index contributed by atoms with van der Waals surface area (Å²) in [5.74, 6) is 0.428. The van der Waals surface area contributed by atoms with E-state index in [4.69, 9.17) is 0 Å². The number of amides is 1. The van der Waals surface area contributed by atoms with Crippen LogP contribution in [-0.2, 0) is 4.79 Å². The van der Waals surface area contributed by atoms with Crippen molar-refractivity contribution in [2.24, 2.45) is 5.41 Å². The van der Waals surface area contributed by atoms with Crippen LogP contribution in [-0.4, -0.2) is 37.0 Å². The number of hydrogen-bond acceptors (Lipinski definition) is 2. The molecule has 144 valence electrons. The molecule has 2 saturated heterocycles. The third-order valence-electron chi connectivity index (χ3n) is 6.29. The summed E-state index contributed by atoms with van der Waals surface area (Å²) < 4.78 is 0. The first-order valence-electron chi connectivity index (χ1n) is 9.84. The Bertz CT molecular complexity index is 679. The molecule has 0 aromatic heterocycles. The van der Waals surface area contributed by atoms with Gasteiger partial charge in [0.15, 0.2) is 0 Å². The second-order valence-corrected chi connectivity index (χ2v) is 7.89. The molecular formula is C23H29ClN2O. The number of piperidine rings is 1. The van der Waals surface area contributed by atoms with Crippen molar-refractivity contribution in [1.82, 2.24) is 10.2 Å². The van der Waals surface area contributed by atoms with E-state index in [1.54, 1.807) is 0 Å². The fourth-order valence-corrected chi connectivity index (χ4v) is 4.56. The van der Waals surface area contributed by atoms with E-state index in [0.717, 1.165) is 39.0 Å². The lowest BCUT2D eigenvalue weighted by molar-refractivity contribution is -0.133. The third-order valence-corrected chi connectivity index (χ3v) is 6.29. The molecule has 2 aliphatic heterocycles. The number of carbonyl (C=O) groups is 1. The molecule has 0 atom stereocenters. The number of benzene rings is 2. The Morgan fingerprint density at radius 3 is 1.96 bits per heavy atom. The van der Waals surface area contributed by atoms with Crippen molar-refractivity contribution in [1.29, 1.82) is 0 Å². The second-order valence-electron chi connectivity index (χ2n) is 7.89. The van der Waals surface area contributed by atoms with Gasteiger partial charge in [-0.15, -0.1) is 12.4 Å². The van der Waals surface area contributed by atoms with E-state index in [1.807, 2.05) is 12.1 Å². The molecule has 4 rings (SSSR count). The molecule has 4 heteroatoms. The van der Waals surface area contributed by atoms with Gasteiger partial charge in [0, 0.05) is 32.0 Å². The van der Waals surface area contributed by atoms with Gasteiger partial charge in [0.25, 0.3) is 0 Å². The maximum atomic E-state index is 13.1. The molecule has 0 unspecified atom stereocenters. The summed E-state index contributed by atoms with van der Waals surface area (Å²) in [5.41, 5.74) is 2.90. The van der Waals surface area contributed by atoms with Gasteiger partial charge in [-0.05, 0) is 42.3 Å². The molecule has 0 aliphatic carbocycles. The zero-order chi connectivity index (χ0) is 17.8. The number of nitrogens with one attached hydrogen (secondary N) is 1. The van der Waals surface area contributed by atoms with Crippen LogP contribution >= 0.6 is 12.4 Å². The molecule has 1 amide bonds. The van der Waals surface area contributed by atoms with E-state index in [9.17, 15) is 4.79 Å². The highest BCUT2D eigenvalue weighted by molar-refractivity contribution is 5.85. The van der Waals surface area contributed by atoms with Crippen molar-refractivity contribution in [3.05, 3.63) is 71.8 Å². The van der Waals surface area contributed by atoms with Crippen molar-refractivity contribution in [3.63, 3.8) is 0 Å². The normalized spacial score (nSPS) is 18.5. The minimum atomic E-state index is 0. The number of hydrogen-bond donors (Lipinski definition) is 1. The van der Waals surface area contributed by atoms with Gasteiger partial charge in [0.2, 0.25) is 5.91 Å². The van der Waals surface area contributed by atoms with Crippen LogP contribution in [0.15, 0.2) is 60.7 Å². The topological polar surface area (TPSA) is 32.3 Å². The third kappa shape index (κ3) is 4.53. The summed E-state index contributed by atoms with van der Waals surface area (Å²) in [5, 5.41) is 3.50. The molecule has 1 N–H and O–H groups in total. The van der Waals surface area contributed by atoms with Crippen LogP contribution in [0.4, 0.5) is 0 Å². The smallest absolute Gasteiger partial charge is 0.223 e. The molecule has 0 radical (unpaired) electrons. The van der Waals surface area contributed by atoms with Gasteiger partial charge in [0.05, 0.1) is 0 Å². The average Bonchev–Trinajstić information content (AvgIpc) is 3.16. The number of likely N-dealkylation sites (tertiary alicyclic amines) is 1. The zero-order valence-electron chi connectivity index (χ0n) is 15.8. The Morgan fingerprint density at radius 1 is 0.926 bits per heavy atom. The first kappa shape index (κ1) is 19.9. The molecule has 0 bridgehead atoms. The molecule has 3 nitrogen and oxygen atoms in total. The molecule has 2 fully saturated rings. The Hall–Kier alpha value is -1.84. The Balaban J connectivity index is 0.00000210. The Morgan fingerprint density at radius 2 is 1.48 bits per heavy atom. The van der Waals surface area contributed by atoms with Crippen molar-refractivity contribution >= 4 is 18.3 Å². The fourth-order valence-electron chi connectivity index (χ4n) is 4.56. The van der Waals surface area contributed by atoms with Crippen LogP contribution in [0.5, 0.6) is 0 Å². The summed E-state index contributed by atoms with van der Waals surface area (Å²) >= 11 is 0. The van der Waals surface area contributed by atoms with E-state index in [2.05, 4.69) is 58.7 Å². The van der Waals surface area contributed by atoms with Gasteiger partial charge in [0.1, 0.15) is 0 Å². The van der Waals surface area contributed by atoms with Crippen molar-refractivity contribution in [2.75, 3.05) is 26.2 Å². The van der Waals surface area contributed by atoms with Crippen LogP contribution in [0.3, 0.4) is 0 Å². The fraction of sp³-hybridized carbons (Fsp3) is 0.435. The molecule has 2 heterocycles. The maximum absolute atomic E-state index is 13.1. The van der Waals surface area contributed by atoms with Crippen LogP contribution in [0.1, 0.15) is 42.7 Å². The Labute approximate surface area is 168 Å². The van der Waals surface area contributed by atoms with Gasteiger partial charge in [-0.25, -0.2) is 0 Å². The Kier molecular flexibility index (Phi) is 6.56. The highest BCUT2D eigenvalue weighted by Gasteiger charge is 2.38. The molecule has 2 aliphatic rings. The molecule has 27 heavy (non-hydrogen) atoms. The SMILES string of the molecule is Cl.O=C(CC(c1ccccc1)c1ccccc1)N1CCC2(CCNC2)CC1. The lowest BCUT2D eigenvalue weighted by Gasteiger charge is -2.39. The summed E-state index contributed by atoms with van der Waals surface area (Å²) in [6.45, 7) is 4.09. The van der Waals surface area contributed by atoms with Crippen molar-refractivity contribution < 1.29 is 4.79 Å². The lowest BCUT2D eigenvalue weighted by Crippen LogP contribution is -2.44. The minimum absolute atomic E-state index is 0. The monoisotopic (exact) mass is 384 g/mol. The lowest BCUT2D eigenvalue weighted by atomic mass is 9.77. The molecule has 1 spiro atoms. The zero-order valence-corrected chi connectivity index (χ0v) is 16.6. The van der Waals surface area contributed by atoms with E-state index in [0.29, 0.717) is 17.7 Å². The van der Waals surface area contributed by atoms with E-state index in [-0.39, 0.29) is 18.3 Å². The van der Waals surface area contributed by atoms with Gasteiger partial charge in [-0.2, -0.15) is 0 Å². The molecule has 0 saturated carbocycles. The van der Waals surface area contributed by atoms with Crippen molar-refractivity contribution in [3.8, 4) is 0 Å². The number of nitrogens with zero attached hydrogens (tertiary/aromatic N) is 1. The van der Waals surface area contributed by atoms with E-state index in [1.165, 1.54) is 17.5 Å². The first-order valence-corrected chi connectivity index (χ1v) is 9.84. The van der Waals surface area contributed by atoms with Gasteiger partial charge >= 0.3 is 0 Å². The summed E-state index contributed by atoms with van der Waals surface area (Å²) in [7, 11) is 0. The quantitative estimate of drug-likeness (QED) is 0.855. The van der Waals surface area contributed by atoms with Crippen LogP contribution in [0.25, 0.3) is 0 Å². The number of carbonyl (C=O) groups excluding carboxylic acids is 1. The number of rotatable bonds is 4. The van der Waals surface area contributed by atoms with Gasteiger partial charge in [-0.3, -0.25) is 4.79 Å². The van der Waals surface area contributed by atoms with E-state index >= 15 is 0 Å². The largest absolute Gasteiger partial charge is 0.343 e. The first-order chi connectivity index (χ1) is 12.8. The summed E-state index contributed by atoms with van der Waals surface area (Å²) in [6.07, 6.45) is 4.12. The summed E-state index contributed by atoms with van der Waals surface area (Å²) in [4.78, 5) is 15.2. The molecule has 2 aromatic carbocycles. The highest BCUT2D eigenvalue weighted by atomic mass is 35.5. The van der Waals surface area contributed by atoms with Crippen LogP contribution in [0, 0.1) is 5.41 Å². The minimum Gasteiger partial charge on any atom is -0.343 e. The van der Waals surface area contributed by atoms with Gasteiger partial charge in [-0.1, -0.05) is 60.7 Å². The maximum Gasteiger partial charge on any atom is 0.223 e. The van der Waals surface area contributed by atoms with E-state index < -0.39 is 0 Å².